The van der Waals surface area contributed by atoms with Crippen LogP contribution in [0.1, 0.15) is 5.56 Å². The highest BCUT2D eigenvalue weighted by Crippen LogP contribution is 2.25. The van der Waals surface area contributed by atoms with Gasteiger partial charge in [0.2, 0.25) is 5.91 Å². The van der Waals surface area contributed by atoms with Crippen molar-refractivity contribution in [2.75, 3.05) is 38.0 Å². The zero-order valence-electron chi connectivity index (χ0n) is 15.8. The third kappa shape index (κ3) is 4.94. The van der Waals surface area contributed by atoms with Gasteiger partial charge < -0.3 is 5.32 Å². The molecule has 1 amide bonds. The van der Waals surface area contributed by atoms with Gasteiger partial charge in [-0.05, 0) is 17.7 Å². The Kier molecular flexibility index (Phi) is 5.79. The summed E-state index contributed by atoms with van der Waals surface area (Å²) in [6.45, 7) is 4.20. The lowest BCUT2D eigenvalue weighted by Crippen LogP contribution is -2.48. The first kappa shape index (κ1) is 19.4. The third-order valence-electron chi connectivity index (χ3n) is 4.90. The van der Waals surface area contributed by atoms with Gasteiger partial charge in [-0.1, -0.05) is 35.6 Å². The standard InChI is InChI=1S/C20H21N5O3S/c26-19(22-20-21-17-6-1-2-7-18(17)29-20)14-24-10-8-23(9-11-24)13-15-4-3-5-16(12-15)25(27)28/h1-7,12H,8-11,13-14H2,(H,21,22,26). The number of carbonyl (C=O) groups excluding carboxylic acids is 1. The van der Waals surface area contributed by atoms with Gasteiger partial charge in [-0.2, -0.15) is 0 Å². The number of anilines is 1. The highest BCUT2D eigenvalue weighted by atomic mass is 32.1. The third-order valence-corrected chi connectivity index (χ3v) is 5.85. The first-order chi connectivity index (χ1) is 14.1. The number of benzene rings is 2. The monoisotopic (exact) mass is 411 g/mol. The van der Waals surface area contributed by atoms with Crippen LogP contribution < -0.4 is 5.32 Å². The van der Waals surface area contributed by atoms with Gasteiger partial charge in [-0.25, -0.2) is 4.98 Å². The number of piperazine rings is 1. The number of nitrogens with one attached hydrogen (secondary N) is 1. The van der Waals surface area contributed by atoms with Crippen molar-refractivity contribution in [3.05, 3.63) is 64.2 Å². The molecule has 1 saturated heterocycles. The lowest BCUT2D eigenvalue weighted by Gasteiger charge is -2.34. The van der Waals surface area contributed by atoms with E-state index in [1.807, 2.05) is 30.3 Å². The van der Waals surface area contributed by atoms with E-state index in [9.17, 15) is 14.9 Å². The summed E-state index contributed by atoms with van der Waals surface area (Å²) in [4.78, 5) is 31.7. The Morgan fingerprint density at radius 1 is 1.10 bits per heavy atom. The maximum atomic E-state index is 12.4. The van der Waals surface area contributed by atoms with Gasteiger partial charge in [0, 0.05) is 44.9 Å². The number of nitro groups is 1. The fourth-order valence-corrected chi connectivity index (χ4v) is 4.30. The van der Waals surface area contributed by atoms with Gasteiger partial charge in [0.05, 0.1) is 21.7 Å². The van der Waals surface area contributed by atoms with Crippen LogP contribution in [0.2, 0.25) is 0 Å². The minimum absolute atomic E-state index is 0.0591. The number of hydrogen-bond donors (Lipinski definition) is 1. The summed E-state index contributed by atoms with van der Waals surface area (Å²) in [5, 5.41) is 14.4. The molecule has 2 heterocycles. The molecule has 1 aliphatic rings. The number of carbonyl (C=O) groups is 1. The molecule has 150 valence electrons. The maximum absolute atomic E-state index is 12.4. The number of non-ortho nitro benzene ring substituents is 1. The number of hydrogen-bond acceptors (Lipinski definition) is 7. The molecule has 0 bridgehead atoms. The molecule has 0 radical (unpaired) electrons. The van der Waals surface area contributed by atoms with E-state index in [1.165, 1.54) is 17.4 Å². The van der Waals surface area contributed by atoms with Crippen molar-refractivity contribution < 1.29 is 9.72 Å². The van der Waals surface area contributed by atoms with Gasteiger partial charge in [-0.3, -0.25) is 24.7 Å². The number of aromatic nitrogens is 1. The number of para-hydroxylation sites is 1. The number of thiazole rings is 1. The summed E-state index contributed by atoms with van der Waals surface area (Å²) in [5.41, 5.74) is 1.94. The van der Waals surface area contributed by atoms with Gasteiger partial charge in [0.1, 0.15) is 0 Å². The van der Waals surface area contributed by atoms with Crippen molar-refractivity contribution >= 4 is 38.3 Å². The van der Waals surface area contributed by atoms with Crippen molar-refractivity contribution in [1.29, 1.82) is 0 Å². The smallest absolute Gasteiger partial charge is 0.269 e. The topological polar surface area (TPSA) is 91.6 Å². The molecule has 0 aliphatic carbocycles. The molecule has 0 spiro atoms. The number of rotatable bonds is 6. The molecule has 29 heavy (non-hydrogen) atoms. The molecule has 1 aliphatic heterocycles. The Balaban J connectivity index is 1.25. The second-order valence-electron chi connectivity index (χ2n) is 7.01. The average molecular weight is 411 g/mol. The molecule has 0 unspecified atom stereocenters. The predicted molar refractivity (Wildman–Crippen MR) is 113 cm³/mol. The highest BCUT2D eigenvalue weighted by Gasteiger charge is 2.20. The van der Waals surface area contributed by atoms with Crippen LogP contribution >= 0.6 is 11.3 Å². The van der Waals surface area contributed by atoms with Crippen LogP contribution in [0, 0.1) is 10.1 Å². The zero-order chi connectivity index (χ0) is 20.2. The van der Waals surface area contributed by atoms with Gasteiger partial charge in [0.15, 0.2) is 5.13 Å². The van der Waals surface area contributed by atoms with E-state index in [-0.39, 0.29) is 16.5 Å². The lowest BCUT2D eigenvalue weighted by atomic mass is 10.1. The van der Waals surface area contributed by atoms with Crippen molar-refractivity contribution in [1.82, 2.24) is 14.8 Å². The van der Waals surface area contributed by atoms with Crippen molar-refractivity contribution in [3.63, 3.8) is 0 Å². The van der Waals surface area contributed by atoms with Gasteiger partial charge >= 0.3 is 0 Å². The van der Waals surface area contributed by atoms with Gasteiger partial charge in [-0.15, -0.1) is 0 Å². The molecule has 0 saturated carbocycles. The number of nitro benzene ring substituents is 1. The molecule has 9 heteroatoms. The number of amides is 1. The van der Waals surface area contributed by atoms with Crippen LogP contribution in [0.15, 0.2) is 48.5 Å². The Hall–Kier alpha value is -2.88. The molecule has 8 nitrogen and oxygen atoms in total. The molecule has 4 rings (SSSR count). The van der Waals surface area contributed by atoms with Crippen molar-refractivity contribution in [2.45, 2.75) is 6.54 Å². The summed E-state index contributed by atoms with van der Waals surface area (Å²) in [6.07, 6.45) is 0. The zero-order valence-corrected chi connectivity index (χ0v) is 16.6. The molecule has 0 atom stereocenters. The Morgan fingerprint density at radius 3 is 2.62 bits per heavy atom. The van der Waals surface area contributed by atoms with E-state index >= 15 is 0 Å². The number of fused-ring (bicyclic) bond motifs is 1. The largest absolute Gasteiger partial charge is 0.301 e. The normalized spacial score (nSPS) is 15.4. The first-order valence-electron chi connectivity index (χ1n) is 9.40. The summed E-state index contributed by atoms with van der Waals surface area (Å²) < 4.78 is 1.05. The minimum Gasteiger partial charge on any atom is -0.301 e. The molecule has 1 aromatic heterocycles. The highest BCUT2D eigenvalue weighted by molar-refractivity contribution is 7.22. The van der Waals surface area contributed by atoms with E-state index in [4.69, 9.17) is 0 Å². The van der Waals surface area contributed by atoms with Crippen LogP contribution in [0.25, 0.3) is 10.2 Å². The van der Waals surface area contributed by atoms with Gasteiger partial charge in [0.25, 0.3) is 5.69 Å². The van der Waals surface area contributed by atoms with Crippen LogP contribution in [0.5, 0.6) is 0 Å². The molecule has 2 aromatic carbocycles. The molecule has 3 aromatic rings. The number of nitrogens with zero attached hydrogens (tertiary/aromatic N) is 4. The second-order valence-corrected chi connectivity index (χ2v) is 8.04. The SMILES string of the molecule is O=C(CN1CCN(Cc2cccc([N+](=O)[O-])c2)CC1)Nc1nc2ccccc2s1. The predicted octanol–water partition coefficient (Wildman–Crippen LogP) is 2.96. The molecule has 1 fully saturated rings. The van der Waals surface area contributed by atoms with Crippen LogP contribution in [0.4, 0.5) is 10.8 Å². The van der Waals surface area contributed by atoms with E-state index in [2.05, 4.69) is 20.1 Å². The van der Waals surface area contributed by atoms with Crippen molar-refractivity contribution in [2.24, 2.45) is 0 Å². The second kappa shape index (κ2) is 8.64. The average Bonchev–Trinajstić information content (AvgIpc) is 3.11. The van der Waals surface area contributed by atoms with Crippen LogP contribution in [-0.2, 0) is 11.3 Å². The lowest BCUT2D eigenvalue weighted by molar-refractivity contribution is -0.384. The Labute approximate surface area is 171 Å². The van der Waals surface area contributed by atoms with Crippen LogP contribution in [-0.4, -0.2) is 58.3 Å². The van der Waals surface area contributed by atoms with E-state index in [0.29, 0.717) is 18.2 Å². The van der Waals surface area contributed by atoms with E-state index in [1.54, 1.807) is 12.1 Å². The van der Waals surface area contributed by atoms with E-state index in [0.717, 1.165) is 42.0 Å². The van der Waals surface area contributed by atoms with Crippen molar-refractivity contribution in [3.8, 4) is 0 Å². The van der Waals surface area contributed by atoms with E-state index < -0.39 is 0 Å². The quantitative estimate of drug-likeness (QED) is 0.495. The molecule has 1 N–H and O–H groups in total. The summed E-state index contributed by atoms with van der Waals surface area (Å²) in [5.74, 6) is -0.0591. The summed E-state index contributed by atoms with van der Waals surface area (Å²) >= 11 is 1.47. The van der Waals surface area contributed by atoms with Crippen LogP contribution in [0.3, 0.4) is 0 Å². The molecular weight excluding hydrogens is 390 g/mol. The summed E-state index contributed by atoms with van der Waals surface area (Å²) in [7, 11) is 0. The maximum Gasteiger partial charge on any atom is 0.269 e. The molecular formula is C20H21N5O3S. The fraction of sp³-hybridized carbons (Fsp3) is 0.300. The Bertz CT molecular complexity index is 997. The summed E-state index contributed by atoms with van der Waals surface area (Å²) in [6, 6.07) is 14.6. The fourth-order valence-electron chi connectivity index (χ4n) is 3.42. The first-order valence-corrected chi connectivity index (χ1v) is 10.2. The minimum atomic E-state index is -0.370. The Morgan fingerprint density at radius 2 is 1.86 bits per heavy atom.